The Morgan fingerprint density at radius 3 is 1.29 bits per heavy atom. The van der Waals surface area contributed by atoms with Crippen LogP contribution in [-0.2, 0) is 9.47 Å². The first-order valence-electron chi connectivity index (χ1n) is 29.4. The fourth-order valence-corrected chi connectivity index (χ4v) is 16.2. The maximum absolute atomic E-state index is 5.28. The molecule has 2 aliphatic heterocycles. The van der Waals surface area contributed by atoms with Crippen molar-refractivity contribution in [1.82, 2.24) is 0 Å². The van der Waals surface area contributed by atoms with Crippen LogP contribution in [0.1, 0.15) is 241 Å². The van der Waals surface area contributed by atoms with Gasteiger partial charge in [-0.3, -0.25) is 0 Å². The molecule has 2 nitrogen and oxygen atoms in total. The van der Waals surface area contributed by atoms with E-state index in [2.05, 4.69) is 48.5 Å². The van der Waals surface area contributed by atoms with Crippen LogP contribution in [0.3, 0.4) is 0 Å². The maximum Gasteiger partial charge on any atom is 0.0844 e. The molecule has 62 heavy (non-hydrogen) atoms. The highest BCUT2D eigenvalue weighted by Gasteiger charge is 2.59. The average Bonchev–Trinajstić information content (AvgIpc) is 4.02. The van der Waals surface area contributed by atoms with Crippen LogP contribution in [0.15, 0.2) is 0 Å². The van der Waals surface area contributed by atoms with Crippen molar-refractivity contribution in [3.63, 3.8) is 0 Å². The molecule has 15 aliphatic rings. The van der Waals surface area contributed by atoms with Crippen molar-refractivity contribution in [3.8, 4) is 0 Å². The number of rotatable bonds is 3. The largest absolute Gasteiger partial charge is 0.370 e. The van der Waals surface area contributed by atoms with Crippen molar-refractivity contribution in [2.75, 3.05) is 0 Å². The van der Waals surface area contributed by atoms with Crippen molar-refractivity contribution >= 4 is 0 Å². The summed E-state index contributed by atoms with van der Waals surface area (Å²) < 4.78 is 10.5. The van der Waals surface area contributed by atoms with Gasteiger partial charge in [-0.2, -0.15) is 0 Å². The Kier molecular flexibility index (Phi) is 16.3. The van der Waals surface area contributed by atoms with E-state index in [9.17, 15) is 0 Å². The van der Waals surface area contributed by atoms with Crippen molar-refractivity contribution in [1.29, 1.82) is 0 Å². The predicted octanol–water partition coefficient (Wildman–Crippen LogP) is 17.2. The monoisotopic (exact) mass is 857 g/mol. The van der Waals surface area contributed by atoms with Gasteiger partial charge >= 0.3 is 0 Å². The molecule has 15 fully saturated rings. The highest BCUT2D eigenvalue weighted by atomic mass is 16.6. The van der Waals surface area contributed by atoms with Crippen LogP contribution < -0.4 is 0 Å². The standard InChI is InChI=1S/C11H20.C10H18.C9H14.C9H16.C8H14.C7H12O.C6H10O/c1-2-9-4-3-5-10-8-11(10)7-6-9;1-8-3-2-4-9-7-10(9)6-5-8;1-5-2-6-3-7(5)9-4-8(6)9;1-2-7-3-4-8-6-9(8)5-7;1-6-2-3-7-5-8(7)4-6;1-2-5-3-6-7(4-5)8-6;1-4-2-5-6(3-4)7-5/h9-11H,2-8H2,1H3;8-10H,2-7H2,1H3;5-9H,2-4H2,1H3;7-9H,2-6H2,1H3;6-8H,2-5H2,1H3;5-7H,2-4H2,1H3;4-6H,2-3H2,1H3. The summed E-state index contributed by atoms with van der Waals surface area (Å²) in [6.45, 7) is 16.5. The molecule has 2 heterocycles. The van der Waals surface area contributed by atoms with E-state index in [1.165, 1.54) is 167 Å². The van der Waals surface area contributed by atoms with Gasteiger partial charge < -0.3 is 9.47 Å². The zero-order valence-corrected chi connectivity index (χ0v) is 42.3. The molecule has 0 spiro atoms. The average molecular weight is 857 g/mol. The molecule has 356 valence electrons. The molecular weight excluding hydrogens is 753 g/mol. The second kappa shape index (κ2) is 21.5. The molecule has 0 amide bonds. The number of epoxide rings is 2. The van der Waals surface area contributed by atoms with Gasteiger partial charge in [-0.25, -0.2) is 0 Å². The minimum absolute atomic E-state index is 0.690. The lowest BCUT2D eigenvalue weighted by Gasteiger charge is -2.18. The van der Waals surface area contributed by atoms with Crippen LogP contribution in [0.4, 0.5) is 0 Å². The van der Waals surface area contributed by atoms with Crippen LogP contribution in [0.25, 0.3) is 0 Å². The number of ether oxygens (including phenoxy) is 2. The summed E-state index contributed by atoms with van der Waals surface area (Å²) in [6, 6.07) is 0. The van der Waals surface area contributed by atoms with Crippen molar-refractivity contribution in [2.45, 2.75) is 266 Å². The fraction of sp³-hybridized carbons (Fsp3) is 1.00. The van der Waals surface area contributed by atoms with E-state index in [0.717, 1.165) is 41.4 Å². The maximum atomic E-state index is 5.28. The summed E-state index contributed by atoms with van der Waals surface area (Å²) in [7, 11) is 0. The molecule has 0 aromatic carbocycles. The van der Waals surface area contributed by atoms with E-state index in [-0.39, 0.29) is 0 Å². The van der Waals surface area contributed by atoms with Crippen LogP contribution in [-0.4, -0.2) is 24.4 Å². The molecule has 2 bridgehead atoms. The first kappa shape index (κ1) is 47.0. The molecule has 0 N–H and O–H groups in total. The van der Waals surface area contributed by atoms with Gasteiger partial charge in [-0.1, -0.05) is 132 Å². The summed E-state index contributed by atoms with van der Waals surface area (Å²) in [5, 5.41) is 0. The smallest absolute Gasteiger partial charge is 0.0844 e. The summed E-state index contributed by atoms with van der Waals surface area (Å²) in [5.74, 6) is 21.6. The molecule has 0 radical (unpaired) electrons. The molecule has 15 rings (SSSR count). The normalized spacial score (nSPS) is 52.2. The third-order valence-corrected chi connectivity index (χ3v) is 21.6. The van der Waals surface area contributed by atoms with Gasteiger partial charge in [0.2, 0.25) is 0 Å². The first-order chi connectivity index (χ1) is 30.1. The van der Waals surface area contributed by atoms with Gasteiger partial charge in [0.25, 0.3) is 0 Å². The molecule has 13 saturated carbocycles. The number of hydrogen-bond donors (Lipinski definition) is 0. The van der Waals surface area contributed by atoms with E-state index in [0.29, 0.717) is 24.4 Å². The van der Waals surface area contributed by atoms with Crippen molar-refractivity contribution < 1.29 is 9.47 Å². The van der Waals surface area contributed by atoms with E-state index >= 15 is 0 Å². The topological polar surface area (TPSA) is 25.1 Å². The summed E-state index contributed by atoms with van der Waals surface area (Å²) in [5.41, 5.74) is 0. The molecule has 2 saturated heterocycles. The summed E-state index contributed by atoms with van der Waals surface area (Å²) in [6.07, 6.45) is 48.1. The Morgan fingerprint density at radius 2 is 0.790 bits per heavy atom. The minimum Gasteiger partial charge on any atom is -0.370 e. The fourth-order valence-electron chi connectivity index (χ4n) is 16.2. The van der Waals surface area contributed by atoms with E-state index in [4.69, 9.17) is 9.47 Å². The summed E-state index contributed by atoms with van der Waals surface area (Å²) >= 11 is 0. The zero-order valence-electron chi connectivity index (χ0n) is 42.3. The SMILES string of the molecule is CC1CC2CC1C1CC21.CC1CC2OC2C1.CC1CCC2CC2C1.CC1CCCC2CC2CC1.CCC1CC2OC2C1.CCC1CCC2CC2C1.CCC1CCCC2CC2CC1. The molecule has 2 heteroatoms. The Hall–Kier alpha value is -0.0800. The van der Waals surface area contributed by atoms with Crippen LogP contribution >= 0.6 is 0 Å². The van der Waals surface area contributed by atoms with Gasteiger partial charge in [0, 0.05) is 0 Å². The molecule has 0 aromatic heterocycles. The van der Waals surface area contributed by atoms with Gasteiger partial charge in [0.05, 0.1) is 24.4 Å². The highest BCUT2D eigenvalue weighted by Crippen LogP contribution is 2.67. The number of fused-ring (bicyclic) bond motifs is 11. The minimum atomic E-state index is 0.690. The zero-order chi connectivity index (χ0) is 42.9. The molecule has 13 aliphatic carbocycles. The van der Waals surface area contributed by atoms with Crippen LogP contribution in [0, 0.1) is 112 Å². The number of hydrogen-bond acceptors (Lipinski definition) is 2. The van der Waals surface area contributed by atoms with Crippen molar-refractivity contribution in [3.05, 3.63) is 0 Å². The quantitative estimate of drug-likeness (QED) is 0.264. The Bertz CT molecular complexity index is 1330. The van der Waals surface area contributed by atoms with Crippen molar-refractivity contribution in [2.24, 2.45) is 112 Å². The predicted molar refractivity (Wildman–Crippen MR) is 262 cm³/mol. The van der Waals surface area contributed by atoms with Gasteiger partial charge in [0.1, 0.15) is 0 Å². The third kappa shape index (κ3) is 13.5. The Balaban J connectivity index is 0.0000000925. The van der Waals surface area contributed by atoms with Crippen LogP contribution in [0.5, 0.6) is 0 Å². The van der Waals surface area contributed by atoms with E-state index in [1.807, 2.05) is 0 Å². The Morgan fingerprint density at radius 1 is 0.290 bits per heavy atom. The van der Waals surface area contributed by atoms with E-state index in [1.54, 1.807) is 96.3 Å². The van der Waals surface area contributed by atoms with Gasteiger partial charge in [-0.05, 0) is 222 Å². The van der Waals surface area contributed by atoms with Gasteiger partial charge in [0.15, 0.2) is 0 Å². The first-order valence-corrected chi connectivity index (χ1v) is 29.4. The lowest BCUT2D eigenvalue weighted by atomic mass is 9.88. The molecule has 21 unspecified atom stereocenters. The highest BCUT2D eigenvalue weighted by molar-refractivity contribution is 5.08. The Labute approximate surface area is 385 Å². The van der Waals surface area contributed by atoms with Gasteiger partial charge in [-0.15, -0.1) is 0 Å². The third-order valence-electron chi connectivity index (χ3n) is 21.6. The van der Waals surface area contributed by atoms with Crippen LogP contribution in [0.2, 0.25) is 0 Å². The molecule has 21 atom stereocenters. The second-order valence-corrected chi connectivity index (χ2v) is 26.6. The molecule has 0 aromatic rings. The lowest BCUT2D eigenvalue weighted by Crippen LogP contribution is -2.08. The molecular formula is C60H104O2. The summed E-state index contributed by atoms with van der Waals surface area (Å²) in [4.78, 5) is 0. The second-order valence-electron chi connectivity index (χ2n) is 26.6. The lowest BCUT2D eigenvalue weighted by molar-refractivity contribution is 0.269. The van der Waals surface area contributed by atoms with E-state index < -0.39 is 0 Å².